The molecule has 0 amide bonds. The summed E-state index contributed by atoms with van der Waals surface area (Å²) in [6.45, 7) is 0. The van der Waals surface area contributed by atoms with Gasteiger partial charge >= 0.3 is 0 Å². The van der Waals surface area contributed by atoms with Crippen LogP contribution in [0, 0.1) is 0 Å². The van der Waals surface area contributed by atoms with Crippen LogP contribution in [0.2, 0.25) is 0 Å². The van der Waals surface area contributed by atoms with Gasteiger partial charge in [0.1, 0.15) is 11.2 Å². The number of furan rings is 1. The molecule has 0 N–H and O–H groups in total. The predicted octanol–water partition coefficient (Wildman–Crippen LogP) is 12.6. The number of hydrogen-bond donors (Lipinski definition) is 0. The zero-order valence-corrected chi connectivity index (χ0v) is 23.6. The third-order valence-electron chi connectivity index (χ3n) is 8.20. The minimum Gasteiger partial charge on any atom is -0.456 e. The molecule has 9 rings (SSSR count). The second-order valence-electron chi connectivity index (χ2n) is 10.6. The van der Waals surface area contributed by atoms with E-state index >= 15 is 0 Å². The monoisotopic (exact) mass is 585 g/mol. The average Bonchev–Trinajstić information content (AvgIpc) is 3.62. The summed E-state index contributed by atoms with van der Waals surface area (Å²) in [7, 11) is 0. The van der Waals surface area contributed by atoms with Gasteiger partial charge in [-0.25, -0.2) is 0 Å². The maximum Gasteiger partial charge on any atom is 0.136 e. The Morgan fingerprint density at radius 1 is 0.356 bits per heavy atom. The van der Waals surface area contributed by atoms with Gasteiger partial charge in [0, 0.05) is 16.3 Å². The van der Waals surface area contributed by atoms with Crippen molar-refractivity contribution in [3.8, 4) is 44.5 Å². The van der Waals surface area contributed by atoms with Crippen molar-refractivity contribution < 1.29 is 22.2 Å². The summed E-state index contributed by atoms with van der Waals surface area (Å²) in [6.07, 6.45) is 0. The highest BCUT2D eigenvalue weighted by molar-refractivity contribution is 6.28. The lowest BCUT2D eigenvalue weighted by Gasteiger charge is -2.21. The second kappa shape index (κ2) is 10.4. The first kappa shape index (κ1) is 15.7. The van der Waals surface area contributed by atoms with Crippen LogP contribution >= 0.6 is 0 Å². The quantitative estimate of drug-likeness (QED) is 0.187. The van der Waals surface area contributed by atoms with E-state index in [0.717, 1.165) is 0 Å². The van der Waals surface area contributed by atoms with Gasteiger partial charge in [0.15, 0.2) is 0 Å². The summed E-state index contributed by atoms with van der Waals surface area (Å²) >= 11 is 0. The lowest BCUT2D eigenvalue weighted by Crippen LogP contribution is -1.94. The summed E-state index contributed by atoms with van der Waals surface area (Å²) in [5.41, 5.74) is 2.41. The van der Waals surface area contributed by atoms with Gasteiger partial charge in [-0.05, 0) is 72.6 Å². The first-order valence-corrected chi connectivity index (χ1v) is 14.4. The van der Waals surface area contributed by atoms with Crippen molar-refractivity contribution in [2.24, 2.45) is 0 Å². The van der Waals surface area contributed by atoms with Crippen molar-refractivity contribution in [3.63, 3.8) is 0 Å². The molecule has 0 spiro atoms. The molecule has 0 saturated carbocycles. The fourth-order valence-electron chi connectivity index (χ4n) is 6.33. The molecule has 8 aromatic carbocycles. The van der Waals surface area contributed by atoms with Crippen molar-refractivity contribution in [2.45, 2.75) is 0 Å². The zero-order chi connectivity index (χ0) is 41.1. The van der Waals surface area contributed by atoms with Crippen LogP contribution in [-0.2, 0) is 0 Å². The third-order valence-corrected chi connectivity index (χ3v) is 8.20. The minimum atomic E-state index is -0.658. The number of hydrogen-bond acceptors (Lipinski definition) is 1. The SMILES string of the molecule is [2H]c1ccc(-c2c([2H])c([2H])c([2H])c([2H])c2-c2c3c([2H])c([2H])c([2H])c([2H])c3c(-c3c(-c4ccccc4)ccc4oc5ccccc5c34)c3c([2H])c([2H])c([2H])c([2H])c23)cc1. The van der Waals surface area contributed by atoms with Crippen molar-refractivity contribution in [1.29, 1.82) is 0 Å². The molecule has 0 aliphatic heterocycles. The Hall–Kier alpha value is -5.92. The largest absolute Gasteiger partial charge is 0.456 e. The van der Waals surface area contributed by atoms with Crippen molar-refractivity contribution in [1.82, 2.24) is 0 Å². The molecule has 0 aliphatic rings. The van der Waals surface area contributed by atoms with Crippen LogP contribution in [0.5, 0.6) is 0 Å². The lowest BCUT2D eigenvalue weighted by molar-refractivity contribution is 0.669. The normalized spacial score (nSPS) is 15.6. The van der Waals surface area contributed by atoms with Gasteiger partial charge < -0.3 is 4.42 Å². The number of para-hydroxylation sites is 1. The molecular formula is C44H28O. The van der Waals surface area contributed by atoms with E-state index in [9.17, 15) is 8.22 Å². The fraction of sp³-hybridized carbons (Fsp3) is 0. The standard InChI is InChI=1S/C44H28O/c1-3-15-29(16-4-1)31-19-7-8-20-33(31)41-34-21-9-11-23-36(34)42(37-24-12-10-22-35(37)41)44-32(30-17-5-2-6-18-30)27-28-40-43(44)38-25-13-14-26-39(38)45-40/h1-28H/i1D,7D,8D,9D,10D,11D,12D,19D,20D,21D,22D,23D,24D. The molecule has 9 aromatic rings. The smallest absolute Gasteiger partial charge is 0.136 e. The summed E-state index contributed by atoms with van der Waals surface area (Å²) in [5.74, 6) is 0. The molecule has 1 heteroatoms. The van der Waals surface area contributed by atoms with E-state index in [2.05, 4.69) is 0 Å². The van der Waals surface area contributed by atoms with Crippen LogP contribution in [0.15, 0.2) is 174 Å². The van der Waals surface area contributed by atoms with Gasteiger partial charge in [0.25, 0.3) is 0 Å². The third kappa shape index (κ3) is 4.02. The van der Waals surface area contributed by atoms with E-state index < -0.39 is 72.5 Å². The lowest BCUT2D eigenvalue weighted by atomic mass is 9.81. The van der Waals surface area contributed by atoms with Gasteiger partial charge in [0.05, 0.1) is 17.8 Å². The highest BCUT2D eigenvalue weighted by Gasteiger charge is 2.24. The predicted molar refractivity (Wildman–Crippen MR) is 190 cm³/mol. The summed E-state index contributed by atoms with van der Waals surface area (Å²) in [6, 6.07) is 19.1. The summed E-state index contributed by atoms with van der Waals surface area (Å²) < 4.78 is 125. The van der Waals surface area contributed by atoms with Gasteiger partial charge in [-0.2, -0.15) is 0 Å². The summed E-state index contributed by atoms with van der Waals surface area (Å²) in [5, 5.41) is 0.540. The molecule has 0 fully saturated rings. The minimum absolute atomic E-state index is 0.0738. The number of benzene rings is 8. The molecule has 0 aliphatic carbocycles. The molecule has 0 unspecified atom stereocenters. The Morgan fingerprint density at radius 3 is 1.62 bits per heavy atom. The van der Waals surface area contributed by atoms with Crippen molar-refractivity contribution in [3.05, 3.63) is 170 Å². The zero-order valence-electron chi connectivity index (χ0n) is 36.6. The Labute approximate surface area is 279 Å². The molecule has 0 atom stereocenters. The molecule has 45 heavy (non-hydrogen) atoms. The summed E-state index contributed by atoms with van der Waals surface area (Å²) in [4.78, 5) is 0. The molecule has 1 nitrogen and oxygen atoms in total. The van der Waals surface area contributed by atoms with Gasteiger partial charge in [-0.3, -0.25) is 0 Å². The molecule has 0 saturated heterocycles. The maximum absolute atomic E-state index is 9.62. The average molecular weight is 586 g/mol. The van der Waals surface area contributed by atoms with Crippen molar-refractivity contribution >= 4 is 43.5 Å². The fourth-order valence-corrected chi connectivity index (χ4v) is 6.33. The highest BCUT2D eigenvalue weighted by atomic mass is 16.3. The second-order valence-corrected chi connectivity index (χ2v) is 10.6. The van der Waals surface area contributed by atoms with Crippen LogP contribution in [0.25, 0.3) is 88.0 Å². The molecule has 1 heterocycles. The molecule has 1 aromatic heterocycles. The van der Waals surface area contributed by atoms with Crippen LogP contribution in [-0.4, -0.2) is 0 Å². The molecular weight excluding hydrogens is 544 g/mol. The van der Waals surface area contributed by atoms with E-state index in [0.29, 0.717) is 38.6 Å². The van der Waals surface area contributed by atoms with Crippen LogP contribution < -0.4 is 0 Å². The first-order valence-electron chi connectivity index (χ1n) is 20.9. The first-order chi connectivity index (χ1) is 27.7. The number of fused-ring (bicyclic) bond motifs is 5. The van der Waals surface area contributed by atoms with Crippen molar-refractivity contribution in [2.75, 3.05) is 0 Å². The molecule has 0 bridgehead atoms. The Balaban J connectivity index is 1.67. The topological polar surface area (TPSA) is 13.1 Å². The van der Waals surface area contributed by atoms with Gasteiger partial charge in [-0.1, -0.05) is 157 Å². The highest BCUT2D eigenvalue weighted by Crippen LogP contribution is 2.50. The van der Waals surface area contributed by atoms with E-state index in [1.54, 1.807) is 18.2 Å². The number of rotatable bonds is 4. The molecule has 0 radical (unpaired) electrons. The van der Waals surface area contributed by atoms with E-state index in [1.807, 2.05) is 48.5 Å². The van der Waals surface area contributed by atoms with Crippen LogP contribution in [0.1, 0.15) is 17.8 Å². The van der Waals surface area contributed by atoms with E-state index in [4.69, 9.17) is 14.0 Å². The Bertz CT molecular complexity index is 3170. The van der Waals surface area contributed by atoms with E-state index in [1.165, 1.54) is 24.3 Å². The van der Waals surface area contributed by atoms with Gasteiger partial charge in [-0.15, -0.1) is 0 Å². The van der Waals surface area contributed by atoms with Gasteiger partial charge in [0.2, 0.25) is 0 Å². The maximum atomic E-state index is 9.62. The van der Waals surface area contributed by atoms with Crippen LogP contribution in [0.3, 0.4) is 0 Å². The van der Waals surface area contributed by atoms with E-state index in [-0.39, 0.29) is 55.4 Å². The van der Waals surface area contributed by atoms with Crippen LogP contribution in [0.4, 0.5) is 0 Å². The molecule has 210 valence electrons. The Kier molecular flexibility index (Phi) is 3.62. The Morgan fingerprint density at radius 2 is 0.911 bits per heavy atom.